The molecule has 0 aromatic carbocycles. The third-order valence-corrected chi connectivity index (χ3v) is 5.20. The van der Waals surface area contributed by atoms with E-state index in [0.717, 1.165) is 13.1 Å². The number of esters is 1. The van der Waals surface area contributed by atoms with E-state index >= 15 is 0 Å². The SMILES string of the molecule is COC(=O)c1cc(C#N)c(N2CC(N3CCCCC3C)C2)nc1C. The minimum Gasteiger partial charge on any atom is -0.465 e. The molecule has 0 amide bonds. The van der Waals surface area contributed by atoms with Crippen molar-refractivity contribution in [3.05, 3.63) is 22.9 Å². The van der Waals surface area contributed by atoms with Crippen molar-refractivity contribution in [1.29, 1.82) is 5.26 Å². The number of hydrogen-bond donors (Lipinski definition) is 0. The van der Waals surface area contributed by atoms with Crippen molar-refractivity contribution in [2.24, 2.45) is 0 Å². The maximum Gasteiger partial charge on any atom is 0.339 e. The van der Waals surface area contributed by atoms with Crippen LogP contribution in [0.2, 0.25) is 0 Å². The van der Waals surface area contributed by atoms with E-state index in [1.54, 1.807) is 13.0 Å². The van der Waals surface area contributed by atoms with Crippen LogP contribution in [0.5, 0.6) is 0 Å². The number of aryl methyl sites for hydroxylation is 1. The fraction of sp³-hybridized carbons (Fsp3) is 0.611. The fourth-order valence-electron chi connectivity index (χ4n) is 3.73. The van der Waals surface area contributed by atoms with Gasteiger partial charge >= 0.3 is 5.97 Å². The van der Waals surface area contributed by atoms with Crippen LogP contribution in [0.25, 0.3) is 0 Å². The molecule has 6 heteroatoms. The summed E-state index contributed by atoms with van der Waals surface area (Å²) in [5.74, 6) is 0.232. The van der Waals surface area contributed by atoms with Gasteiger partial charge in [0.05, 0.1) is 23.9 Å². The fourth-order valence-corrected chi connectivity index (χ4v) is 3.73. The number of methoxy groups -OCH3 is 1. The summed E-state index contributed by atoms with van der Waals surface area (Å²) in [6.45, 7) is 7.03. The summed E-state index contributed by atoms with van der Waals surface area (Å²) < 4.78 is 4.76. The summed E-state index contributed by atoms with van der Waals surface area (Å²) in [4.78, 5) is 21.0. The molecule has 0 saturated carbocycles. The highest BCUT2D eigenvalue weighted by Gasteiger charge is 2.37. The van der Waals surface area contributed by atoms with Gasteiger partial charge in [-0.05, 0) is 39.3 Å². The minimum atomic E-state index is -0.452. The maximum absolute atomic E-state index is 11.8. The third kappa shape index (κ3) is 2.96. The normalized spacial score (nSPS) is 21.9. The number of hydrogen-bond acceptors (Lipinski definition) is 6. The zero-order valence-corrected chi connectivity index (χ0v) is 14.6. The molecule has 1 atom stereocenters. The van der Waals surface area contributed by atoms with E-state index in [0.29, 0.717) is 34.7 Å². The smallest absolute Gasteiger partial charge is 0.339 e. The van der Waals surface area contributed by atoms with Gasteiger partial charge in [0.25, 0.3) is 0 Å². The molecule has 0 spiro atoms. The summed E-state index contributed by atoms with van der Waals surface area (Å²) in [7, 11) is 1.33. The quantitative estimate of drug-likeness (QED) is 0.792. The molecule has 1 aromatic heterocycles. The number of nitrogens with zero attached hydrogens (tertiary/aromatic N) is 4. The van der Waals surface area contributed by atoms with Gasteiger partial charge in [-0.15, -0.1) is 0 Å². The van der Waals surface area contributed by atoms with Crippen molar-refractivity contribution in [3.8, 4) is 6.07 Å². The lowest BCUT2D eigenvalue weighted by Gasteiger charge is -2.49. The van der Waals surface area contributed by atoms with Gasteiger partial charge in [-0.1, -0.05) is 6.42 Å². The predicted molar refractivity (Wildman–Crippen MR) is 91.0 cm³/mol. The molecule has 0 aliphatic carbocycles. The highest BCUT2D eigenvalue weighted by molar-refractivity contribution is 5.91. The molecular formula is C18H24N4O2. The lowest BCUT2D eigenvalue weighted by atomic mass is 9.97. The predicted octanol–water partition coefficient (Wildman–Crippen LogP) is 2.11. The molecule has 3 rings (SSSR count). The van der Waals surface area contributed by atoms with E-state index in [-0.39, 0.29) is 0 Å². The van der Waals surface area contributed by atoms with E-state index < -0.39 is 5.97 Å². The molecule has 128 valence electrons. The Morgan fingerprint density at radius 3 is 2.79 bits per heavy atom. The summed E-state index contributed by atoms with van der Waals surface area (Å²) in [6, 6.07) is 4.94. The largest absolute Gasteiger partial charge is 0.465 e. The molecule has 2 saturated heterocycles. The first-order chi connectivity index (χ1) is 11.5. The lowest BCUT2D eigenvalue weighted by Crippen LogP contribution is -2.62. The van der Waals surface area contributed by atoms with Crippen molar-refractivity contribution in [2.75, 3.05) is 31.6 Å². The third-order valence-electron chi connectivity index (χ3n) is 5.20. The van der Waals surface area contributed by atoms with Gasteiger partial charge in [0.1, 0.15) is 11.9 Å². The second-order valence-corrected chi connectivity index (χ2v) is 6.74. The Morgan fingerprint density at radius 1 is 1.42 bits per heavy atom. The summed E-state index contributed by atoms with van der Waals surface area (Å²) >= 11 is 0. The number of piperidine rings is 1. The molecule has 1 aromatic rings. The van der Waals surface area contributed by atoms with Crippen LogP contribution in [0.3, 0.4) is 0 Å². The van der Waals surface area contributed by atoms with Crippen LogP contribution in [0, 0.1) is 18.3 Å². The average Bonchev–Trinajstić information content (AvgIpc) is 2.54. The first-order valence-electron chi connectivity index (χ1n) is 8.56. The first-order valence-corrected chi connectivity index (χ1v) is 8.56. The average molecular weight is 328 g/mol. The number of anilines is 1. The monoisotopic (exact) mass is 328 g/mol. The lowest BCUT2D eigenvalue weighted by molar-refractivity contribution is 0.0599. The number of likely N-dealkylation sites (tertiary alicyclic amines) is 1. The number of aromatic nitrogens is 1. The van der Waals surface area contributed by atoms with Gasteiger partial charge < -0.3 is 9.64 Å². The molecule has 2 aliphatic rings. The van der Waals surface area contributed by atoms with Crippen molar-refractivity contribution < 1.29 is 9.53 Å². The number of nitriles is 1. The van der Waals surface area contributed by atoms with Gasteiger partial charge in [-0.2, -0.15) is 5.26 Å². The number of ether oxygens (including phenoxy) is 1. The van der Waals surface area contributed by atoms with Crippen LogP contribution in [0.15, 0.2) is 6.07 Å². The van der Waals surface area contributed by atoms with Crippen molar-refractivity contribution >= 4 is 11.8 Å². The van der Waals surface area contributed by atoms with Crippen LogP contribution >= 0.6 is 0 Å². The number of carbonyl (C=O) groups is 1. The van der Waals surface area contributed by atoms with Gasteiger partial charge in [0, 0.05) is 25.2 Å². The summed E-state index contributed by atoms with van der Waals surface area (Å²) in [6.07, 6.45) is 3.86. The summed E-state index contributed by atoms with van der Waals surface area (Å²) in [5, 5.41) is 9.43. The summed E-state index contributed by atoms with van der Waals surface area (Å²) in [5.41, 5.74) is 1.40. The van der Waals surface area contributed by atoms with Gasteiger partial charge in [0.2, 0.25) is 0 Å². The van der Waals surface area contributed by atoms with E-state index in [9.17, 15) is 10.1 Å². The Bertz CT molecular complexity index is 676. The van der Waals surface area contributed by atoms with Gasteiger partial charge in [-0.25, -0.2) is 9.78 Å². The molecule has 0 bridgehead atoms. The number of rotatable bonds is 3. The van der Waals surface area contributed by atoms with Gasteiger partial charge in [-0.3, -0.25) is 4.90 Å². The van der Waals surface area contributed by atoms with Crippen molar-refractivity contribution in [2.45, 2.75) is 45.2 Å². The van der Waals surface area contributed by atoms with Crippen LogP contribution in [0.4, 0.5) is 5.82 Å². The van der Waals surface area contributed by atoms with Crippen molar-refractivity contribution in [1.82, 2.24) is 9.88 Å². The molecule has 2 fully saturated rings. The highest BCUT2D eigenvalue weighted by atomic mass is 16.5. The second kappa shape index (κ2) is 6.78. The second-order valence-electron chi connectivity index (χ2n) is 6.74. The molecule has 6 nitrogen and oxygen atoms in total. The molecule has 0 radical (unpaired) electrons. The van der Waals surface area contributed by atoms with E-state index in [1.165, 1.54) is 32.9 Å². The Morgan fingerprint density at radius 2 is 2.17 bits per heavy atom. The van der Waals surface area contributed by atoms with Crippen LogP contribution < -0.4 is 4.90 Å². The van der Waals surface area contributed by atoms with E-state index in [2.05, 4.69) is 27.8 Å². The van der Waals surface area contributed by atoms with Crippen LogP contribution in [-0.2, 0) is 4.74 Å². The zero-order chi connectivity index (χ0) is 17.3. The molecule has 24 heavy (non-hydrogen) atoms. The molecule has 1 unspecified atom stereocenters. The minimum absolute atomic E-state index is 0.361. The van der Waals surface area contributed by atoms with E-state index in [4.69, 9.17) is 4.74 Å². The molecule has 0 N–H and O–H groups in total. The van der Waals surface area contributed by atoms with Gasteiger partial charge in [0.15, 0.2) is 0 Å². The molecule has 2 aliphatic heterocycles. The highest BCUT2D eigenvalue weighted by Crippen LogP contribution is 2.30. The topological polar surface area (TPSA) is 69.5 Å². The number of carbonyl (C=O) groups excluding carboxylic acids is 1. The number of pyridine rings is 1. The van der Waals surface area contributed by atoms with Crippen molar-refractivity contribution in [3.63, 3.8) is 0 Å². The molecular weight excluding hydrogens is 304 g/mol. The first kappa shape index (κ1) is 16.7. The van der Waals surface area contributed by atoms with Crippen LogP contribution in [-0.4, -0.2) is 54.7 Å². The Hall–Kier alpha value is -2.13. The maximum atomic E-state index is 11.8. The Kier molecular flexibility index (Phi) is 4.72. The van der Waals surface area contributed by atoms with Crippen LogP contribution in [0.1, 0.15) is 47.8 Å². The Balaban J connectivity index is 1.76. The molecule has 3 heterocycles. The Labute approximate surface area is 143 Å². The zero-order valence-electron chi connectivity index (χ0n) is 14.6. The standard InChI is InChI=1S/C18H24N4O2/c1-12-6-4-5-7-22(12)15-10-21(11-15)17-14(9-19)8-16(13(2)20-17)18(23)24-3/h8,12,15H,4-7,10-11H2,1-3H3. The van der Waals surface area contributed by atoms with E-state index in [1.807, 2.05) is 0 Å².